The average molecular weight is 397 g/mol. The SMILES string of the molecule is Nc1n[nH]c(CCCOc2nonc2C(=Nc2ccc(F)c(Cl)c2)NO)n1. The molecule has 0 unspecified atom stereocenters. The number of nitrogen functional groups attached to an aromatic ring is 1. The van der Waals surface area contributed by atoms with Crippen LogP contribution in [-0.2, 0) is 6.42 Å². The molecule has 3 aromatic rings. The van der Waals surface area contributed by atoms with Gasteiger partial charge in [-0.25, -0.2) is 14.0 Å². The third kappa shape index (κ3) is 4.68. The van der Waals surface area contributed by atoms with E-state index in [1.54, 1.807) is 0 Å². The Morgan fingerprint density at radius 2 is 2.30 bits per heavy atom. The van der Waals surface area contributed by atoms with E-state index in [9.17, 15) is 9.60 Å². The summed E-state index contributed by atoms with van der Waals surface area (Å²) in [6.07, 6.45) is 1.13. The van der Waals surface area contributed by atoms with Gasteiger partial charge in [0, 0.05) is 6.42 Å². The van der Waals surface area contributed by atoms with Gasteiger partial charge in [0.05, 0.1) is 17.3 Å². The number of aliphatic imine (C=N–C) groups is 1. The molecule has 1 aromatic carbocycles. The molecule has 3 rings (SSSR count). The van der Waals surface area contributed by atoms with E-state index in [0.717, 1.165) is 6.07 Å². The van der Waals surface area contributed by atoms with Crippen LogP contribution in [0.5, 0.6) is 5.88 Å². The molecule has 0 saturated carbocycles. The highest BCUT2D eigenvalue weighted by Gasteiger charge is 2.18. The van der Waals surface area contributed by atoms with E-state index < -0.39 is 5.82 Å². The highest BCUT2D eigenvalue weighted by molar-refractivity contribution is 6.31. The molecule has 0 aliphatic carbocycles. The van der Waals surface area contributed by atoms with Crippen LogP contribution in [0.1, 0.15) is 17.9 Å². The maximum absolute atomic E-state index is 13.2. The Kier molecular flexibility index (Phi) is 5.78. The molecule has 27 heavy (non-hydrogen) atoms. The summed E-state index contributed by atoms with van der Waals surface area (Å²) in [5, 5.41) is 22.9. The van der Waals surface area contributed by atoms with Crippen LogP contribution >= 0.6 is 11.6 Å². The number of nitrogens with two attached hydrogens (primary N) is 1. The summed E-state index contributed by atoms with van der Waals surface area (Å²) in [6, 6.07) is 3.80. The van der Waals surface area contributed by atoms with Crippen molar-refractivity contribution >= 4 is 29.1 Å². The van der Waals surface area contributed by atoms with Gasteiger partial charge in [-0.3, -0.25) is 15.8 Å². The van der Waals surface area contributed by atoms with Crippen molar-refractivity contribution in [2.24, 2.45) is 4.99 Å². The van der Waals surface area contributed by atoms with Gasteiger partial charge >= 0.3 is 0 Å². The molecule has 0 amide bonds. The second kappa shape index (κ2) is 8.42. The predicted octanol–water partition coefficient (Wildman–Crippen LogP) is 1.63. The second-order valence-corrected chi connectivity index (χ2v) is 5.59. The number of aryl methyl sites for hydroxylation is 1. The molecule has 5 N–H and O–H groups in total. The smallest absolute Gasteiger partial charge is 0.287 e. The summed E-state index contributed by atoms with van der Waals surface area (Å²) in [7, 11) is 0. The van der Waals surface area contributed by atoms with E-state index in [2.05, 4.69) is 35.1 Å². The molecule has 0 fully saturated rings. The number of rotatable bonds is 7. The van der Waals surface area contributed by atoms with Gasteiger partial charge in [0.25, 0.3) is 5.88 Å². The van der Waals surface area contributed by atoms with Gasteiger partial charge in [0.1, 0.15) is 11.6 Å². The van der Waals surface area contributed by atoms with Crippen molar-refractivity contribution < 1.29 is 19.0 Å². The molecule has 0 radical (unpaired) electrons. The van der Waals surface area contributed by atoms with Crippen molar-refractivity contribution in [3.8, 4) is 5.88 Å². The van der Waals surface area contributed by atoms with Crippen LogP contribution in [0.15, 0.2) is 27.8 Å². The summed E-state index contributed by atoms with van der Waals surface area (Å²) in [6.45, 7) is 0.253. The highest BCUT2D eigenvalue weighted by atomic mass is 35.5. The number of ether oxygens (including phenoxy) is 1. The number of hydrogen-bond acceptors (Lipinski definition) is 9. The molecule has 142 valence electrons. The molecule has 0 aliphatic rings. The minimum Gasteiger partial charge on any atom is -0.474 e. The van der Waals surface area contributed by atoms with E-state index in [0.29, 0.717) is 18.7 Å². The molecule has 0 spiro atoms. The van der Waals surface area contributed by atoms with Gasteiger partial charge in [-0.1, -0.05) is 11.6 Å². The molecule has 2 aromatic heterocycles. The van der Waals surface area contributed by atoms with Gasteiger partial charge < -0.3 is 10.5 Å². The number of aromatic nitrogens is 5. The zero-order chi connectivity index (χ0) is 19.2. The largest absolute Gasteiger partial charge is 0.474 e. The van der Waals surface area contributed by atoms with E-state index in [1.165, 1.54) is 12.1 Å². The highest BCUT2D eigenvalue weighted by Crippen LogP contribution is 2.23. The minimum absolute atomic E-state index is 0.0144. The topological polar surface area (TPSA) is 160 Å². The van der Waals surface area contributed by atoms with E-state index in [-0.39, 0.29) is 40.7 Å². The number of nitrogens with zero attached hydrogens (tertiary/aromatic N) is 5. The Morgan fingerprint density at radius 3 is 3.00 bits per heavy atom. The fourth-order valence-corrected chi connectivity index (χ4v) is 2.24. The molecular weight excluding hydrogens is 383 g/mol. The monoisotopic (exact) mass is 396 g/mol. The Hall–Kier alpha value is -3.25. The summed E-state index contributed by atoms with van der Waals surface area (Å²) in [5.74, 6) is 0.110. The van der Waals surface area contributed by atoms with E-state index in [1.807, 2.05) is 5.48 Å². The summed E-state index contributed by atoms with van der Waals surface area (Å²) < 4.78 is 23.4. The summed E-state index contributed by atoms with van der Waals surface area (Å²) >= 11 is 5.71. The lowest BCUT2D eigenvalue weighted by Crippen LogP contribution is -2.21. The lowest BCUT2D eigenvalue weighted by atomic mass is 10.3. The first kappa shape index (κ1) is 18.5. The maximum Gasteiger partial charge on any atom is 0.287 e. The second-order valence-electron chi connectivity index (χ2n) is 5.18. The molecule has 0 atom stereocenters. The van der Waals surface area contributed by atoms with Crippen LogP contribution in [0.3, 0.4) is 0 Å². The van der Waals surface area contributed by atoms with Gasteiger partial charge in [-0.05, 0) is 34.9 Å². The Balaban J connectivity index is 1.66. The van der Waals surface area contributed by atoms with Crippen molar-refractivity contribution in [3.63, 3.8) is 0 Å². The molecule has 0 bridgehead atoms. The summed E-state index contributed by atoms with van der Waals surface area (Å²) in [4.78, 5) is 8.06. The van der Waals surface area contributed by atoms with Crippen LogP contribution in [0.25, 0.3) is 0 Å². The third-order valence-electron chi connectivity index (χ3n) is 3.28. The molecule has 13 heteroatoms. The number of nitrogens with one attached hydrogen (secondary N) is 2. The van der Waals surface area contributed by atoms with Gasteiger partial charge in [-0.15, -0.1) is 5.10 Å². The number of amidine groups is 1. The molecule has 0 aliphatic heterocycles. The number of hydrogen-bond donors (Lipinski definition) is 4. The molecule has 0 saturated heterocycles. The number of anilines is 1. The first-order valence-corrected chi connectivity index (χ1v) is 8.01. The summed E-state index contributed by atoms with van der Waals surface area (Å²) in [5.41, 5.74) is 7.60. The van der Waals surface area contributed by atoms with Crippen LogP contribution in [0.2, 0.25) is 5.02 Å². The van der Waals surface area contributed by atoms with Crippen molar-refractivity contribution in [2.45, 2.75) is 12.8 Å². The molecule has 2 heterocycles. The van der Waals surface area contributed by atoms with E-state index in [4.69, 9.17) is 22.1 Å². The molecular formula is C14H14ClFN8O3. The maximum atomic E-state index is 13.2. The first-order chi connectivity index (χ1) is 13.1. The van der Waals surface area contributed by atoms with E-state index >= 15 is 0 Å². The number of hydroxylamine groups is 1. The molecule has 11 nitrogen and oxygen atoms in total. The Morgan fingerprint density at radius 1 is 1.44 bits per heavy atom. The van der Waals surface area contributed by atoms with Crippen molar-refractivity contribution in [3.05, 3.63) is 40.6 Å². The number of aromatic amines is 1. The van der Waals surface area contributed by atoms with Gasteiger partial charge in [-0.2, -0.15) is 4.98 Å². The van der Waals surface area contributed by atoms with Crippen molar-refractivity contribution in [2.75, 3.05) is 12.3 Å². The minimum atomic E-state index is -0.588. The fourth-order valence-electron chi connectivity index (χ4n) is 2.06. The lowest BCUT2D eigenvalue weighted by Gasteiger charge is -2.05. The predicted molar refractivity (Wildman–Crippen MR) is 91.4 cm³/mol. The Bertz CT molecular complexity index is 944. The first-order valence-electron chi connectivity index (χ1n) is 7.63. The average Bonchev–Trinajstić information content (AvgIpc) is 3.28. The van der Waals surface area contributed by atoms with Crippen molar-refractivity contribution in [1.29, 1.82) is 0 Å². The zero-order valence-corrected chi connectivity index (χ0v) is 14.4. The normalized spacial score (nSPS) is 11.6. The van der Waals surface area contributed by atoms with Gasteiger partial charge in [0.15, 0.2) is 5.84 Å². The van der Waals surface area contributed by atoms with Crippen LogP contribution in [-0.4, -0.2) is 43.1 Å². The van der Waals surface area contributed by atoms with Crippen LogP contribution in [0, 0.1) is 5.82 Å². The zero-order valence-electron chi connectivity index (χ0n) is 13.7. The van der Waals surface area contributed by atoms with Crippen molar-refractivity contribution in [1.82, 2.24) is 31.0 Å². The standard InChI is InChI=1S/C14H14ClFN8O3/c15-8-6-7(3-4-9(8)16)18-12(22-25)11-13(24-27-23-11)26-5-1-2-10-19-14(17)21-20-10/h3-4,6,25H,1-2,5H2,(H,18,22)(H3,17,19,20,21). The number of halogens is 2. The quantitative estimate of drug-likeness (QED) is 0.201. The van der Waals surface area contributed by atoms with Gasteiger partial charge in [0.2, 0.25) is 11.6 Å². The fraction of sp³-hybridized carbons (Fsp3) is 0.214. The number of benzene rings is 1. The van der Waals surface area contributed by atoms with Crippen LogP contribution in [0.4, 0.5) is 16.0 Å². The number of H-pyrrole nitrogens is 1. The van der Waals surface area contributed by atoms with Crippen LogP contribution < -0.4 is 16.0 Å². The lowest BCUT2D eigenvalue weighted by molar-refractivity contribution is 0.233. The third-order valence-corrected chi connectivity index (χ3v) is 3.57. The Labute approximate surface area is 156 Å².